The van der Waals surface area contributed by atoms with Crippen LogP contribution in [-0.2, 0) is 26.5 Å². The number of benzene rings is 6. The molecule has 2 heterocycles. The van der Waals surface area contributed by atoms with Crippen molar-refractivity contribution in [1.29, 1.82) is 0 Å². The largest absolute Gasteiger partial charge is 0.507 e. The summed E-state index contributed by atoms with van der Waals surface area (Å²) in [4.78, 5) is 10.3. The maximum absolute atomic E-state index is 12.4. The number of aromatic hydroxyl groups is 1. The van der Waals surface area contributed by atoms with Crippen LogP contribution in [0.25, 0.3) is 72.7 Å². The Morgan fingerprint density at radius 1 is 0.612 bits per heavy atom. The second-order valence-corrected chi connectivity index (χ2v) is 19.8. The average molecular weight is 1070 g/mol. The third kappa shape index (κ3) is 9.75. The number of aromatic nitrogens is 3. The summed E-state index contributed by atoms with van der Waals surface area (Å²) in [6, 6.07) is 39.9. The molecule has 0 aliphatic carbocycles. The summed E-state index contributed by atoms with van der Waals surface area (Å²) in [6.45, 7) is 21.5. The smallest absolute Gasteiger partial charge is 0.148 e. The molecule has 5 heteroatoms. The van der Waals surface area contributed by atoms with Gasteiger partial charge in [0, 0.05) is 43.9 Å². The summed E-state index contributed by atoms with van der Waals surface area (Å²) >= 11 is 0. The molecule has 1 N–H and O–H groups in total. The van der Waals surface area contributed by atoms with Gasteiger partial charge in [-0.1, -0.05) is 174 Å². The van der Waals surface area contributed by atoms with E-state index in [1.165, 1.54) is 0 Å². The van der Waals surface area contributed by atoms with Crippen LogP contribution in [0.4, 0.5) is 0 Å². The van der Waals surface area contributed by atoms with Gasteiger partial charge in [-0.3, -0.25) is 9.55 Å². The number of imidazole rings is 1. The van der Waals surface area contributed by atoms with Crippen LogP contribution in [0.15, 0.2) is 121 Å². The molecule has 0 unspecified atom stereocenters. The zero-order valence-electron chi connectivity index (χ0n) is 49.2. The molecule has 4 nitrogen and oxygen atoms in total. The number of para-hydroxylation sites is 1. The molecule has 8 aromatic rings. The van der Waals surface area contributed by atoms with E-state index in [2.05, 4.69) is 39.0 Å². The van der Waals surface area contributed by atoms with Gasteiger partial charge in [0.1, 0.15) is 11.6 Å². The van der Waals surface area contributed by atoms with Crippen molar-refractivity contribution in [2.75, 3.05) is 0 Å². The first-order valence-electron chi connectivity index (χ1n) is 26.9. The predicted molar refractivity (Wildman–Crippen MR) is 280 cm³/mol. The number of hydrogen-bond acceptors (Lipinski definition) is 3. The first-order chi connectivity index (χ1) is 34.0. The molecule has 8 rings (SSSR count). The molecule has 0 saturated carbocycles. The Balaban J connectivity index is 0.00000820. The van der Waals surface area contributed by atoms with Crippen molar-refractivity contribution in [2.45, 2.75) is 132 Å². The van der Waals surface area contributed by atoms with E-state index in [1.54, 1.807) is 90.4 Å². The monoisotopic (exact) mass is 1070 g/mol. The molecule has 6 aromatic carbocycles. The normalized spacial score (nSPS) is 14.8. The zero-order valence-corrected chi connectivity index (χ0v) is 43.4. The molecule has 0 amide bonds. The van der Waals surface area contributed by atoms with Crippen molar-refractivity contribution >= 4 is 11.0 Å². The van der Waals surface area contributed by atoms with Crippen LogP contribution < -0.4 is 0 Å². The van der Waals surface area contributed by atoms with Gasteiger partial charge in [-0.2, -0.15) is 0 Å². The van der Waals surface area contributed by atoms with E-state index in [9.17, 15) is 10.6 Å². The fourth-order valence-electron chi connectivity index (χ4n) is 8.84. The van der Waals surface area contributed by atoms with Crippen LogP contribution in [0.5, 0.6) is 5.75 Å². The van der Waals surface area contributed by atoms with Crippen LogP contribution in [0.1, 0.15) is 169 Å². The van der Waals surface area contributed by atoms with Gasteiger partial charge in [-0.15, -0.1) is 29.3 Å². The van der Waals surface area contributed by atoms with E-state index in [-0.39, 0.29) is 60.4 Å². The molecule has 0 radical (unpaired) electrons. The second-order valence-electron chi connectivity index (χ2n) is 19.8. The van der Waals surface area contributed by atoms with Crippen LogP contribution in [0, 0.1) is 12.9 Å². The van der Waals surface area contributed by atoms with Gasteiger partial charge in [0.2, 0.25) is 0 Å². The molecule has 0 bridgehead atoms. The zero-order chi connectivity index (χ0) is 54.5. The van der Waals surface area contributed by atoms with E-state index in [0.717, 1.165) is 27.8 Å². The SMILES string of the molecule is [2H]C([2H])([2H])c1cc(-c2c(C([2H])(C)C)cccc2C([2H])(C)C)ccc1-n1c(-c2cc(C([2H])(C)C)cc(C([2H])(C)C)c2O)nc2c(-c3[c-]c(-c4cc(-c5ccc(C([2H])(C)C)cc5)ccn4)cc(C(C)(C)C)c3)cccc21.[Pt]. The Kier molecular flexibility index (Phi) is 11.5. The van der Waals surface area contributed by atoms with Crippen molar-refractivity contribution in [3.8, 4) is 67.5 Å². The predicted octanol–water partition coefficient (Wildman–Crippen LogP) is 17.5. The van der Waals surface area contributed by atoms with Crippen molar-refractivity contribution in [2.24, 2.45) is 0 Å². The number of fused-ring (bicyclic) bond motifs is 1. The summed E-state index contributed by atoms with van der Waals surface area (Å²) in [5.74, 6) is -5.38. The fraction of sp³-hybridized carbons (Fsp3) is 0.323. The molecule has 0 atom stereocenters. The van der Waals surface area contributed by atoms with E-state index in [4.69, 9.17) is 15.5 Å². The minimum absolute atomic E-state index is 0. The Hall–Kier alpha value is -5.57. The first-order valence-corrected chi connectivity index (χ1v) is 22.9. The van der Waals surface area contributed by atoms with Gasteiger partial charge in [-0.25, -0.2) is 4.98 Å². The standard InChI is InChI=1S/C62H68N3O.Pt/c1-36(2)42-21-23-43(24-22-42)44-27-28-63-55(35-44)48-30-47(31-49(32-48)62(12,13)14)52-19-16-20-57-59(52)64-61(54-34-46(37(3)4)33-53(40(9)10)60(54)66)65(57)56-26-25-45(29-41(56)11)58-50(38(5)6)17-15-18-51(58)39(7)8;/h15-29,31-40,66H,1-14H3;/q-1;/i11D3,36D,37D,38D,39D,40D;. The molecule has 348 valence electrons. The molecule has 0 aliphatic rings. The van der Waals surface area contributed by atoms with E-state index in [0.29, 0.717) is 55.7 Å². The maximum atomic E-state index is 12.4. The third-order valence-corrected chi connectivity index (χ3v) is 12.7. The van der Waals surface area contributed by atoms with Crippen molar-refractivity contribution < 1.29 is 37.1 Å². The minimum atomic E-state index is -2.70. The molecule has 0 saturated heterocycles. The van der Waals surface area contributed by atoms with Gasteiger partial charge in [0.15, 0.2) is 0 Å². The Labute approximate surface area is 426 Å². The van der Waals surface area contributed by atoms with Gasteiger partial charge in [0.25, 0.3) is 0 Å². The van der Waals surface area contributed by atoms with Crippen LogP contribution in [0.3, 0.4) is 0 Å². The number of rotatable bonds is 11. The Morgan fingerprint density at radius 3 is 1.85 bits per heavy atom. The molecule has 0 fully saturated rings. The molecular weight excluding hydrogens is 998 g/mol. The average Bonchev–Trinajstić information content (AvgIpc) is 3.68. The summed E-state index contributed by atoms with van der Waals surface area (Å²) in [5, 5.41) is 12.4. The van der Waals surface area contributed by atoms with Crippen LogP contribution >= 0.6 is 0 Å². The number of pyridine rings is 1. The molecule has 2 aromatic heterocycles. The molecule has 67 heavy (non-hydrogen) atoms. The van der Waals surface area contributed by atoms with Gasteiger partial charge < -0.3 is 5.11 Å². The number of aryl methyl sites for hydroxylation is 1. The Morgan fingerprint density at radius 2 is 1.24 bits per heavy atom. The quantitative estimate of drug-likeness (QED) is 0.131. The second kappa shape index (κ2) is 19.6. The maximum Gasteiger partial charge on any atom is 0.148 e. The Bertz CT molecular complexity index is 3410. The fourth-order valence-corrected chi connectivity index (χ4v) is 8.84. The van der Waals surface area contributed by atoms with Crippen LogP contribution in [-0.4, -0.2) is 19.6 Å². The van der Waals surface area contributed by atoms with Gasteiger partial charge in [-0.05, 0) is 128 Å². The molecule has 0 spiro atoms. The third-order valence-electron chi connectivity index (χ3n) is 12.7. The van der Waals surface area contributed by atoms with Crippen molar-refractivity contribution in [3.05, 3.63) is 166 Å². The van der Waals surface area contributed by atoms with Crippen molar-refractivity contribution in [1.82, 2.24) is 14.5 Å². The number of hydrogen-bond donors (Lipinski definition) is 1. The van der Waals surface area contributed by atoms with E-state index in [1.807, 2.05) is 92.7 Å². The molecular formula is C62H68N3OPt-. The number of phenolic OH excluding ortho intramolecular Hbond substituents is 1. The topological polar surface area (TPSA) is 50.9 Å². The first kappa shape index (κ1) is 39.4. The van der Waals surface area contributed by atoms with E-state index < -0.39 is 36.3 Å². The minimum Gasteiger partial charge on any atom is -0.507 e. The number of nitrogens with zero attached hydrogens (tertiary/aromatic N) is 3. The summed E-state index contributed by atoms with van der Waals surface area (Å²) in [5.41, 5.74) is 11.3. The summed E-state index contributed by atoms with van der Waals surface area (Å²) in [7, 11) is 0. The van der Waals surface area contributed by atoms with Gasteiger partial charge in [0.05, 0.1) is 22.3 Å². The number of phenols is 1. The van der Waals surface area contributed by atoms with Gasteiger partial charge >= 0.3 is 0 Å². The molecule has 0 aliphatic heterocycles. The summed E-state index contributed by atoms with van der Waals surface area (Å²) < 4.78 is 74.5. The van der Waals surface area contributed by atoms with Crippen LogP contribution in [0.2, 0.25) is 0 Å². The van der Waals surface area contributed by atoms with Crippen molar-refractivity contribution in [3.63, 3.8) is 0 Å². The van der Waals surface area contributed by atoms with E-state index >= 15 is 0 Å². The summed E-state index contributed by atoms with van der Waals surface area (Å²) in [6.07, 6.45) is 1.79.